The van der Waals surface area contributed by atoms with Crippen LogP contribution in [0.4, 0.5) is 10.1 Å². The second kappa shape index (κ2) is 8.62. The molecule has 1 atom stereocenters. The van der Waals surface area contributed by atoms with Crippen molar-refractivity contribution in [3.8, 4) is 5.75 Å². The van der Waals surface area contributed by atoms with Crippen molar-refractivity contribution in [2.24, 2.45) is 0 Å². The lowest BCUT2D eigenvalue weighted by Gasteiger charge is -2.21. The van der Waals surface area contributed by atoms with E-state index in [1.54, 1.807) is 19.2 Å². The molecule has 2 aromatic carbocycles. The Kier molecular flexibility index (Phi) is 6.52. The third-order valence-corrected chi connectivity index (χ3v) is 3.99. The number of carbonyl (C=O) groups excluding carboxylic acids is 2. The van der Waals surface area contributed by atoms with Crippen LogP contribution in [0, 0.1) is 5.82 Å². The minimum Gasteiger partial charge on any atom is -0.481 e. The van der Waals surface area contributed by atoms with E-state index in [1.165, 1.54) is 30.0 Å². The number of halogens is 2. The first-order valence-corrected chi connectivity index (χ1v) is 8.27. The van der Waals surface area contributed by atoms with Crippen LogP contribution < -0.4 is 9.64 Å². The minimum absolute atomic E-state index is 0.304. The van der Waals surface area contributed by atoms with E-state index in [4.69, 9.17) is 9.47 Å². The fourth-order valence-corrected chi connectivity index (χ4v) is 2.53. The summed E-state index contributed by atoms with van der Waals surface area (Å²) in [5, 5.41) is 0. The Bertz CT molecular complexity index is 754. The Morgan fingerprint density at radius 2 is 1.88 bits per heavy atom. The van der Waals surface area contributed by atoms with Gasteiger partial charge in [0, 0.05) is 12.7 Å². The molecule has 0 fully saturated rings. The number of para-hydroxylation sites is 1. The van der Waals surface area contributed by atoms with Crippen LogP contribution in [0.2, 0.25) is 0 Å². The van der Waals surface area contributed by atoms with Crippen molar-refractivity contribution >= 4 is 33.5 Å². The molecule has 1 amide bonds. The van der Waals surface area contributed by atoms with Gasteiger partial charge in [-0.05, 0) is 53.2 Å². The second-order valence-electron chi connectivity index (χ2n) is 5.23. The van der Waals surface area contributed by atoms with Crippen molar-refractivity contribution in [3.63, 3.8) is 0 Å². The van der Waals surface area contributed by atoms with Gasteiger partial charge in [0.25, 0.3) is 5.91 Å². The highest BCUT2D eigenvalue weighted by Gasteiger charge is 2.22. The maximum atomic E-state index is 13.0. The number of esters is 1. The van der Waals surface area contributed by atoms with E-state index >= 15 is 0 Å². The van der Waals surface area contributed by atoms with E-state index in [-0.39, 0.29) is 5.91 Å². The van der Waals surface area contributed by atoms with Gasteiger partial charge in [-0.25, -0.2) is 9.18 Å². The molecule has 0 heterocycles. The van der Waals surface area contributed by atoms with Crippen molar-refractivity contribution in [2.45, 2.75) is 13.0 Å². The van der Waals surface area contributed by atoms with E-state index in [1.807, 2.05) is 18.2 Å². The van der Waals surface area contributed by atoms with E-state index in [0.717, 1.165) is 0 Å². The monoisotopic (exact) mass is 409 g/mol. The average molecular weight is 410 g/mol. The van der Waals surface area contributed by atoms with Crippen LogP contribution in [0.3, 0.4) is 0 Å². The van der Waals surface area contributed by atoms with Gasteiger partial charge >= 0.3 is 5.97 Å². The maximum absolute atomic E-state index is 13.0. The Balaban J connectivity index is 1.88. The fraction of sp³-hybridized carbons (Fsp3) is 0.222. The van der Waals surface area contributed by atoms with Crippen molar-refractivity contribution in [2.75, 3.05) is 18.6 Å². The molecular weight excluding hydrogens is 393 g/mol. The first kappa shape index (κ1) is 18.9. The van der Waals surface area contributed by atoms with Gasteiger partial charge in [0.05, 0.1) is 4.47 Å². The number of amides is 1. The van der Waals surface area contributed by atoms with Crippen molar-refractivity contribution in [3.05, 3.63) is 58.8 Å². The van der Waals surface area contributed by atoms with Gasteiger partial charge in [-0.2, -0.15) is 0 Å². The maximum Gasteiger partial charge on any atom is 0.344 e. The molecule has 0 unspecified atom stereocenters. The topological polar surface area (TPSA) is 55.8 Å². The zero-order valence-corrected chi connectivity index (χ0v) is 15.3. The Hall–Kier alpha value is -2.41. The molecule has 0 aliphatic heterocycles. The number of ether oxygens (including phenoxy) is 2. The number of carbonyl (C=O) groups is 2. The Morgan fingerprint density at radius 1 is 1.20 bits per heavy atom. The van der Waals surface area contributed by atoms with E-state index < -0.39 is 24.5 Å². The first-order valence-electron chi connectivity index (χ1n) is 7.48. The largest absolute Gasteiger partial charge is 0.481 e. The number of anilines is 1. The van der Waals surface area contributed by atoms with Crippen molar-refractivity contribution < 1.29 is 23.5 Å². The van der Waals surface area contributed by atoms with Crippen LogP contribution in [-0.4, -0.2) is 31.6 Å². The van der Waals surface area contributed by atoms with Gasteiger partial charge < -0.3 is 14.4 Å². The summed E-state index contributed by atoms with van der Waals surface area (Å²) in [6.45, 7) is 1.10. The zero-order valence-electron chi connectivity index (χ0n) is 13.7. The van der Waals surface area contributed by atoms with Gasteiger partial charge in [0.2, 0.25) is 0 Å². The summed E-state index contributed by atoms with van der Waals surface area (Å²) < 4.78 is 23.7. The molecule has 0 aromatic heterocycles. The molecular formula is C18H17BrFNO4. The first-order chi connectivity index (χ1) is 11.9. The molecule has 0 radical (unpaired) electrons. The van der Waals surface area contributed by atoms with Gasteiger partial charge in [-0.1, -0.05) is 18.2 Å². The van der Waals surface area contributed by atoms with Crippen LogP contribution in [0.1, 0.15) is 6.92 Å². The van der Waals surface area contributed by atoms with Crippen LogP contribution in [0.25, 0.3) is 0 Å². The quantitative estimate of drug-likeness (QED) is 0.684. The zero-order chi connectivity index (χ0) is 18.4. The summed E-state index contributed by atoms with van der Waals surface area (Å²) in [5.41, 5.74) is 0.696. The highest BCUT2D eigenvalue weighted by molar-refractivity contribution is 9.10. The molecule has 0 aliphatic rings. The smallest absolute Gasteiger partial charge is 0.344 e. The molecule has 0 bridgehead atoms. The third kappa shape index (κ3) is 5.29. The number of nitrogens with zero attached hydrogens (tertiary/aromatic N) is 1. The number of benzene rings is 2. The Morgan fingerprint density at radius 3 is 2.52 bits per heavy atom. The second-order valence-corrected chi connectivity index (χ2v) is 6.08. The van der Waals surface area contributed by atoms with Crippen molar-refractivity contribution in [1.82, 2.24) is 0 Å². The molecule has 132 valence electrons. The molecule has 0 N–H and O–H groups in total. The number of likely N-dealkylation sites (N-methyl/N-ethyl adjacent to an activating group) is 1. The Labute approximate surface area is 153 Å². The summed E-state index contributed by atoms with van der Waals surface area (Å²) in [6, 6.07) is 12.9. The third-order valence-electron chi connectivity index (χ3n) is 3.37. The van der Waals surface area contributed by atoms with E-state index in [9.17, 15) is 14.0 Å². The standard InChI is InChI=1S/C18H17BrFNO4/c1-12(18(23)21(2)14-6-4-3-5-7-14)25-17(22)11-24-16-9-8-13(20)10-15(16)19/h3-10,12H,11H2,1-2H3/t12-/m0/s1. The molecule has 2 rings (SSSR count). The molecule has 0 saturated heterocycles. The van der Waals surface area contributed by atoms with Crippen LogP contribution in [-0.2, 0) is 14.3 Å². The molecule has 0 aliphatic carbocycles. The molecule has 0 spiro atoms. The average Bonchev–Trinajstić information content (AvgIpc) is 2.60. The van der Waals surface area contributed by atoms with Crippen LogP contribution >= 0.6 is 15.9 Å². The predicted molar refractivity (Wildman–Crippen MR) is 95.0 cm³/mol. The lowest BCUT2D eigenvalue weighted by Crippen LogP contribution is -2.38. The van der Waals surface area contributed by atoms with Crippen molar-refractivity contribution in [1.29, 1.82) is 0 Å². The number of hydrogen-bond acceptors (Lipinski definition) is 4. The molecule has 0 saturated carbocycles. The fourth-order valence-electron chi connectivity index (χ4n) is 2.06. The normalized spacial score (nSPS) is 11.5. The molecule has 7 heteroatoms. The highest BCUT2D eigenvalue weighted by atomic mass is 79.9. The minimum atomic E-state index is -0.960. The lowest BCUT2D eigenvalue weighted by atomic mass is 10.2. The summed E-state index contributed by atoms with van der Waals surface area (Å²) in [5.74, 6) is -1.18. The number of hydrogen-bond donors (Lipinski definition) is 0. The summed E-state index contributed by atoms with van der Waals surface area (Å²) in [6.07, 6.45) is -0.960. The van der Waals surface area contributed by atoms with Gasteiger partial charge in [0.1, 0.15) is 11.6 Å². The SMILES string of the molecule is C[C@H](OC(=O)COc1ccc(F)cc1Br)C(=O)N(C)c1ccccc1. The predicted octanol–water partition coefficient (Wildman–Crippen LogP) is 3.56. The molecule has 2 aromatic rings. The summed E-state index contributed by atoms with van der Waals surface area (Å²) >= 11 is 3.14. The van der Waals surface area contributed by atoms with Crippen LogP contribution in [0.5, 0.6) is 5.75 Å². The van der Waals surface area contributed by atoms with E-state index in [2.05, 4.69) is 15.9 Å². The summed E-state index contributed by atoms with van der Waals surface area (Å²) in [7, 11) is 1.61. The highest BCUT2D eigenvalue weighted by Crippen LogP contribution is 2.25. The molecule has 25 heavy (non-hydrogen) atoms. The molecule has 5 nitrogen and oxygen atoms in total. The summed E-state index contributed by atoms with van der Waals surface area (Å²) in [4.78, 5) is 25.6. The number of rotatable bonds is 6. The lowest BCUT2D eigenvalue weighted by molar-refractivity contribution is -0.155. The van der Waals surface area contributed by atoms with E-state index in [0.29, 0.717) is 15.9 Å². The van der Waals surface area contributed by atoms with Gasteiger partial charge in [-0.15, -0.1) is 0 Å². The van der Waals surface area contributed by atoms with Crippen LogP contribution in [0.15, 0.2) is 53.0 Å². The van der Waals surface area contributed by atoms with Gasteiger partial charge in [-0.3, -0.25) is 4.79 Å². The van der Waals surface area contributed by atoms with Gasteiger partial charge in [0.15, 0.2) is 12.7 Å².